The summed E-state index contributed by atoms with van der Waals surface area (Å²) in [4.78, 5) is 23.1. The number of ether oxygens (including phenoxy) is 4. The number of carbonyl (C=O) groups is 2. The van der Waals surface area contributed by atoms with Crippen molar-refractivity contribution in [1.29, 1.82) is 0 Å². The normalized spacial score (nSPS) is 33.1. The highest BCUT2D eigenvalue weighted by molar-refractivity contribution is 5.70. The summed E-state index contributed by atoms with van der Waals surface area (Å²) in [6, 6.07) is 0. The van der Waals surface area contributed by atoms with E-state index in [4.69, 9.17) is 29.2 Å². The predicted molar refractivity (Wildman–Crippen MR) is 71.8 cm³/mol. The fraction of sp³-hybridized carbons (Fsp3) is 0.857. The number of aliphatic hydroxyl groups is 2. The lowest BCUT2D eigenvalue weighted by atomic mass is 10.1. The van der Waals surface area contributed by atoms with Crippen molar-refractivity contribution in [3.05, 3.63) is 0 Å². The largest absolute Gasteiger partial charge is 0.457 e. The Morgan fingerprint density at radius 2 is 1.32 bits per heavy atom. The Hall–Kier alpha value is -1.22. The number of esters is 2. The summed E-state index contributed by atoms with van der Waals surface area (Å²) in [6.45, 7) is 3.31. The van der Waals surface area contributed by atoms with Gasteiger partial charge in [-0.25, -0.2) is 0 Å². The van der Waals surface area contributed by atoms with Crippen LogP contribution in [0.2, 0.25) is 0 Å². The monoisotopic (exact) mass is 318 g/mol. The van der Waals surface area contributed by atoms with Crippen LogP contribution in [-0.2, 0) is 28.5 Å². The van der Waals surface area contributed by atoms with Crippen molar-refractivity contribution < 1.29 is 38.7 Å². The molecule has 22 heavy (non-hydrogen) atoms. The molecule has 0 radical (unpaired) electrons. The third kappa shape index (κ3) is 4.39. The quantitative estimate of drug-likeness (QED) is 0.609. The number of fused-ring (bicyclic) bond motifs is 1. The van der Waals surface area contributed by atoms with Crippen molar-refractivity contribution in [2.24, 2.45) is 0 Å². The molecule has 0 spiro atoms. The number of hydrogen-bond donors (Lipinski definition) is 2. The van der Waals surface area contributed by atoms with Crippen molar-refractivity contribution in [2.45, 2.75) is 63.3 Å². The molecule has 0 saturated carbocycles. The zero-order chi connectivity index (χ0) is 16.3. The van der Waals surface area contributed by atoms with Gasteiger partial charge in [-0.05, 0) is 13.8 Å². The van der Waals surface area contributed by atoms with Crippen LogP contribution in [0.15, 0.2) is 0 Å². The molecule has 2 N–H and O–H groups in total. The van der Waals surface area contributed by atoms with Gasteiger partial charge in [0.15, 0.2) is 12.2 Å². The van der Waals surface area contributed by atoms with E-state index in [1.165, 1.54) is 13.8 Å². The van der Waals surface area contributed by atoms with E-state index >= 15 is 0 Å². The van der Waals surface area contributed by atoms with E-state index in [-0.39, 0.29) is 26.1 Å². The number of carbonyl (C=O) groups excluding carboxylic acids is 2. The van der Waals surface area contributed by atoms with Crippen molar-refractivity contribution in [1.82, 2.24) is 0 Å². The van der Waals surface area contributed by atoms with Gasteiger partial charge in [-0.15, -0.1) is 0 Å². The minimum Gasteiger partial charge on any atom is -0.457 e. The van der Waals surface area contributed by atoms with Crippen LogP contribution in [0.25, 0.3) is 0 Å². The van der Waals surface area contributed by atoms with Crippen LogP contribution in [0, 0.1) is 0 Å². The SMILES string of the molecule is CC(O)CC(=O)OC1COC2C(OC(=O)CC(C)O)COC12. The van der Waals surface area contributed by atoms with Crippen molar-refractivity contribution in [2.75, 3.05) is 13.2 Å². The summed E-state index contributed by atoms with van der Waals surface area (Å²) in [5, 5.41) is 18.3. The van der Waals surface area contributed by atoms with E-state index in [0.717, 1.165) is 0 Å². The van der Waals surface area contributed by atoms with Gasteiger partial charge in [0, 0.05) is 0 Å². The topological polar surface area (TPSA) is 112 Å². The third-order valence-corrected chi connectivity index (χ3v) is 3.45. The van der Waals surface area contributed by atoms with Crippen molar-refractivity contribution in [3.8, 4) is 0 Å². The Morgan fingerprint density at radius 3 is 1.64 bits per heavy atom. The van der Waals surface area contributed by atoms with E-state index in [1.54, 1.807) is 0 Å². The van der Waals surface area contributed by atoms with Gasteiger partial charge in [0.2, 0.25) is 0 Å². The molecule has 2 fully saturated rings. The van der Waals surface area contributed by atoms with Gasteiger partial charge in [-0.2, -0.15) is 0 Å². The predicted octanol–water partition coefficient (Wildman–Crippen LogP) is -0.851. The fourth-order valence-corrected chi connectivity index (χ4v) is 2.55. The molecule has 0 aliphatic carbocycles. The van der Waals surface area contributed by atoms with E-state index in [0.29, 0.717) is 0 Å². The molecular formula is C14H22O8. The second-order valence-electron chi connectivity index (χ2n) is 5.76. The van der Waals surface area contributed by atoms with Crippen LogP contribution >= 0.6 is 0 Å². The Bertz CT molecular complexity index is 370. The standard InChI is InChI=1S/C14H22O8/c1-7(15)3-11(17)21-9-5-19-14-10(6-20-13(9)14)22-12(18)4-8(2)16/h7-10,13-16H,3-6H2,1-2H3. The zero-order valence-electron chi connectivity index (χ0n) is 12.6. The molecule has 6 unspecified atom stereocenters. The summed E-state index contributed by atoms with van der Waals surface area (Å²) >= 11 is 0. The maximum absolute atomic E-state index is 11.6. The highest BCUT2D eigenvalue weighted by Gasteiger charge is 2.51. The highest BCUT2D eigenvalue weighted by atomic mass is 16.7. The van der Waals surface area contributed by atoms with Crippen LogP contribution in [0.3, 0.4) is 0 Å². The zero-order valence-corrected chi connectivity index (χ0v) is 12.6. The lowest BCUT2D eigenvalue weighted by Crippen LogP contribution is -2.36. The van der Waals surface area contributed by atoms with Gasteiger partial charge in [0.25, 0.3) is 0 Å². The maximum Gasteiger partial charge on any atom is 0.308 e. The van der Waals surface area contributed by atoms with Gasteiger partial charge < -0.3 is 29.2 Å². The summed E-state index contributed by atoms with van der Waals surface area (Å²) in [5.74, 6) is -1.05. The fourth-order valence-electron chi connectivity index (χ4n) is 2.55. The molecule has 8 nitrogen and oxygen atoms in total. The molecule has 2 aliphatic heterocycles. The number of hydrogen-bond acceptors (Lipinski definition) is 8. The molecule has 0 aromatic rings. The molecule has 2 saturated heterocycles. The molecule has 2 rings (SSSR count). The average molecular weight is 318 g/mol. The third-order valence-electron chi connectivity index (χ3n) is 3.45. The molecule has 0 bridgehead atoms. The number of aliphatic hydroxyl groups excluding tert-OH is 2. The Kier molecular flexibility index (Phi) is 5.74. The Labute approximate surface area is 128 Å². The van der Waals surface area contributed by atoms with E-state index in [2.05, 4.69) is 0 Å². The number of rotatable bonds is 6. The van der Waals surface area contributed by atoms with E-state index < -0.39 is 48.6 Å². The first-order valence-electron chi connectivity index (χ1n) is 7.35. The van der Waals surface area contributed by atoms with Crippen molar-refractivity contribution >= 4 is 11.9 Å². The second-order valence-corrected chi connectivity index (χ2v) is 5.76. The molecule has 2 heterocycles. The first kappa shape index (κ1) is 17.1. The van der Waals surface area contributed by atoms with Crippen LogP contribution in [0.4, 0.5) is 0 Å². The first-order valence-corrected chi connectivity index (χ1v) is 7.35. The van der Waals surface area contributed by atoms with Crippen LogP contribution in [0.5, 0.6) is 0 Å². The minimum absolute atomic E-state index is 0.0965. The summed E-state index contributed by atoms with van der Waals surface area (Å²) in [7, 11) is 0. The molecule has 6 atom stereocenters. The summed E-state index contributed by atoms with van der Waals surface area (Å²) in [5.41, 5.74) is 0. The first-order chi connectivity index (χ1) is 10.4. The van der Waals surface area contributed by atoms with Gasteiger partial charge >= 0.3 is 11.9 Å². The molecule has 2 aliphatic rings. The average Bonchev–Trinajstić information content (AvgIpc) is 2.92. The molecular weight excluding hydrogens is 296 g/mol. The second kappa shape index (κ2) is 7.36. The lowest BCUT2D eigenvalue weighted by molar-refractivity contribution is -0.157. The van der Waals surface area contributed by atoms with Crippen LogP contribution < -0.4 is 0 Å². The van der Waals surface area contributed by atoms with E-state index in [1.807, 2.05) is 0 Å². The highest BCUT2D eigenvalue weighted by Crippen LogP contribution is 2.31. The lowest BCUT2D eigenvalue weighted by Gasteiger charge is -2.17. The van der Waals surface area contributed by atoms with Gasteiger partial charge in [-0.3, -0.25) is 9.59 Å². The van der Waals surface area contributed by atoms with Crippen LogP contribution in [-0.4, -0.2) is 72.0 Å². The Balaban J connectivity index is 1.83. The molecule has 0 amide bonds. The Morgan fingerprint density at radius 1 is 0.955 bits per heavy atom. The molecule has 8 heteroatoms. The molecule has 126 valence electrons. The van der Waals surface area contributed by atoms with Crippen LogP contribution in [0.1, 0.15) is 26.7 Å². The van der Waals surface area contributed by atoms with Gasteiger partial charge in [0.05, 0.1) is 38.3 Å². The summed E-state index contributed by atoms with van der Waals surface area (Å²) in [6.07, 6.45) is -3.85. The summed E-state index contributed by atoms with van der Waals surface area (Å²) < 4.78 is 21.5. The molecule has 0 aromatic carbocycles. The minimum atomic E-state index is -0.774. The van der Waals surface area contributed by atoms with Crippen molar-refractivity contribution in [3.63, 3.8) is 0 Å². The maximum atomic E-state index is 11.6. The van der Waals surface area contributed by atoms with Gasteiger partial charge in [-0.1, -0.05) is 0 Å². The van der Waals surface area contributed by atoms with Gasteiger partial charge in [0.1, 0.15) is 12.2 Å². The van der Waals surface area contributed by atoms with E-state index in [9.17, 15) is 9.59 Å². The smallest absolute Gasteiger partial charge is 0.308 e. The molecule has 0 aromatic heterocycles.